The van der Waals surface area contributed by atoms with E-state index in [1.807, 2.05) is 43.3 Å². The zero-order chi connectivity index (χ0) is 18.1. The Balaban J connectivity index is 1.82. The Morgan fingerprint density at radius 1 is 1.15 bits per heavy atom. The first-order valence-electron chi connectivity index (χ1n) is 8.67. The Kier molecular flexibility index (Phi) is 4.20. The molecule has 0 unspecified atom stereocenters. The van der Waals surface area contributed by atoms with Crippen molar-refractivity contribution >= 4 is 17.0 Å². The van der Waals surface area contributed by atoms with Gasteiger partial charge in [-0.2, -0.15) is 5.10 Å². The average molecular weight is 352 g/mol. The van der Waals surface area contributed by atoms with Gasteiger partial charge in [0.2, 0.25) is 0 Å². The van der Waals surface area contributed by atoms with Crippen molar-refractivity contribution in [2.75, 3.05) is 6.54 Å². The Labute approximate surface area is 150 Å². The second kappa shape index (κ2) is 6.67. The highest BCUT2D eigenvalue weighted by molar-refractivity contribution is 5.92. The topological polar surface area (TPSA) is 89.1 Å². The quantitative estimate of drug-likeness (QED) is 0.645. The molecule has 1 amide bonds. The summed E-state index contributed by atoms with van der Waals surface area (Å²) in [6, 6.07) is 11.4. The molecule has 2 atom stereocenters. The number of alkyl carbamates (subject to hydrolysis) is 1. The molecule has 7 heteroatoms. The lowest BCUT2D eigenvalue weighted by molar-refractivity contribution is 0.104. The smallest absolute Gasteiger partial charge is 0.407 e. The largest absolute Gasteiger partial charge is 0.491 e. The highest BCUT2D eigenvalue weighted by Gasteiger charge is 2.17. The van der Waals surface area contributed by atoms with Crippen LogP contribution in [0, 0.1) is 0 Å². The van der Waals surface area contributed by atoms with Crippen LogP contribution in [0.25, 0.3) is 22.3 Å². The summed E-state index contributed by atoms with van der Waals surface area (Å²) in [5.41, 5.74) is 3.04. The summed E-state index contributed by atoms with van der Waals surface area (Å²) < 4.78 is 11.4. The fraction of sp³-hybridized carbons (Fsp3) is 0.316. The van der Waals surface area contributed by atoms with Crippen LogP contribution in [0.5, 0.6) is 5.75 Å². The number of pyridine rings is 1. The van der Waals surface area contributed by atoms with Crippen molar-refractivity contribution < 1.29 is 14.3 Å². The van der Waals surface area contributed by atoms with Crippen LogP contribution in [0.3, 0.4) is 0 Å². The number of carbonyl (C=O) groups is 1. The lowest BCUT2D eigenvalue weighted by atomic mass is 10.1. The molecule has 0 saturated heterocycles. The molecule has 134 valence electrons. The molecule has 2 aromatic heterocycles. The van der Waals surface area contributed by atoms with Crippen molar-refractivity contribution in [1.82, 2.24) is 20.5 Å². The fourth-order valence-electron chi connectivity index (χ4n) is 3.00. The first-order chi connectivity index (χ1) is 12.6. The molecule has 26 heavy (non-hydrogen) atoms. The SMILES string of the molecule is C[C@@H]1CCNC(=O)O[C@@H](C)c2cccc(n2)-c2n[nH]c3ccc(cc23)O1. The maximum absolute atomic E-state index is 12.0. The third kappa shape index (κ3) is 3.20. The van der Waals surface area contributed by atoms with E-state index < -0.39 is 12.2 Å². The Morgan fingerprint density at radius 2 is 2.04 bits per heavy atom. The van der Waals surface area contributed by atoms with Gasteiger partial charge in [-0.1, -0.05) is 6.07 Å². The normalized spacial score (nSPS) is 20.6. The van der Waals surface area contributed by atoms with Crippen molar-refractivity contribution in [1.29, 1.82) is 0 Å². The van der Waals surface area contributed by atoms with Crippen LogP contribution in [-0.4, -0.2) is 33.9 Å². The number of rotatable bonds is 0. The monoisotopic (exact) mass is 352 g/mol. The zero-order valence-corrected chi connectivity index (χ0v) is 14.7. The molecule has 0 radical (unpaired) electrons. The Hall–Kier alpha value is -3.09. The molecule has 1 aromatic carbocycles. The van der Waals surface area contributed by atoms with E-state index in [-0.39, 0.29) is 6.10 Å². The molecule has 1 aliphatic heterocycles. The van der Waals surface area contributed by atoms with Crippen LogP contribution in [-0.2, 0) is 4.74 Å². The average Bonchev–Trinajstić information content (AvgIpc) is 3.04. The van der Waals surface area contributed by atoms with Gasteiger partial charge < -0.3 is 14.8 Å². The van der Waals surface area contributed by atoms with Gasteiger partial charge in [0.25, 0.3) is 0 Å². The predicted octanol–water partition coefficient (Wildman–Crippen LogP) is 3.58. The van der Waals surface area contributed by atoms with E-state index >= 15 is 0 Å². The van der Waals surface area contributed by atoms with Crippen molar-refractivity contribution in [2.45, 2.75) is 32.5 Å². The molecule has 4 bridgehead atoms. The van der Waals surface area contributed by atoms with Gasteiger partial charge in [-0.3, -0.25) is 5.10 Å². The summed E-state index contributed by atoms with van der Waals surface area (Å²) >= 11 is 0. The van der Waals surface area contributed by atoms with Crippen molar-refractivity contribution in [3.8, 4) is 17.1 Å². The summed E-state index contributed by atoms with van der Waals surface area (Å²) in [5.74, 6) is 0.759. The van der Waals surface area contributed by atoms with Crippen LogP contribution in [0.2, 0.25) is 0 Å². The lowest BCUT2D eigenvalue weighted by Gasteiger charge is -2.16. The van der Waals surface area contributed by atoms with Crippen LogP contribution < -0.4 is 10.1 Å². The molecule has 4 rings (SSSR count). The molecule has 3 aromatic rings. The second-order valence-electron chi connectivity index (χ2n) is 6.42. The van der Waals surface area contributed by atoms with Crippen molar-refractivity contribution in [3.05, 3.63) is 42.1 Å². The van der Waals surface area contributed by atoms with E-state index in [0.717, 1.165) is 22.3 Å². The number of amides is 1. The predicted molar refractivity (Wildman–Crippen MR) is 96.9 cm³/mol. The molecule has 1 aliphatic rings. The molecule has 2 N–H and O–H groups in total. The van der Waals surface area contributed by atoms with E-state index in [2.05, 4.69) is 20.5 Å². The fourth-order valence-corrected chi connectivity index (χ4v) is 3.00. The maximum atomic E-state index is 12.0. The Morgan fingerprint density at radius 3 is 2.92 bits per heavy atom. The summed E-state index contributed by atoms with van der Waals surface area (Å²) in [5, 5.41) is 11.1. The highest BCUT2D eigenvalue weighted by Crippen LogP contribution is 2.30. The number of benzene rings is 1. The molecule has 3 heterocycles. The number of cyclic esters (lactones) is 1. The standard InChI is InChI=1S/C19H20N4O3/c1-11-8-9-20-19(24)26-12(2)15-4-3-5-17(21-15)18-14-10-13(25-11)6-7-16(14)22-23-18/h3-7,10-12H,8-9H2,1-2H3,(H,20,24)(H,22,23)/t11-,12+/m1/s1. The van der Waals surface area contributed by atoms with Crippen LogP contribution in [0.15, 0.2) is 36.4 Å². The first-order valence-corrected chi connectivity index (χ1v) is 8.67. The molecule has 0 aliphatic carbocycles. The van der Waals surface area contributed by atoms with Gasteiger partial charge in [-0.25, -0.2) is 9.78 Å². The summed E-state index contributed by atoms with van der Waals surface area (Å²) in [6.45, 7) is 4.24. The molecule has 0 spiro atoms. The molecule has 0 fully saturated rings. The van der Waals surface area contributed by atoms with Gasteiger partial charge in [0.05, 0.1) is 23.0 Å². The molecule has 0 saturated carbocycles. The van der Waals surface area contributed by atoms with Crippen molar-refractivity contribution in [3.63, 3.8) is 0 Å². The number of fused-ring (bicyclic) bond motifs is 4. The van der Waals surface area contributed by atoms with E-state index in [4.69, 9.17) is 9.47 Å². The van der Waals surface area contributed by atoms with E-state index in [9.17, 15) is 4.79 Å². The van der Waals surface area contributed by atoms with Gasteiger partial charge in [0.15, 0.2) is 0 Å². The summed E-state index contributed by atoms with van der Waals surface area (Å²) in [7, 11) is 0. The highest BCUT2D eigenvalue weighted by atomic mass is 16.6. The Bertz CT molecular complexity index is 953. The number of aromatic amines is 1. The van der Waals surface area contributed by atoms with Gasteiger partial charge in [-0.15, -0.1) is 0 Å². The minimum Gasteiger partial charge on any atom is -0.491 e. The van der Waals surface area contributed by atoms with E-state index in [1.165, 1.54) is 0 Å². The second-order valence-corrected chi connectivity index (χ2v) is 6.42. The van der Waals surface area contributed by atoms with Gasteiger partial charge >= 0.3 is 6.09 Å². The van der Waals surface area contributed by atoms with Crippen LogP contribution in [0.1, 0.15) is 32.1 Å². The number of H-pyrrole nitrogens is 1. The molecular weight excluding hydrogens is 332 g/mol. The van der Waals surface area contributed by atoms with E-state index in [0.29, 0.717) is 24.4 Å². The van der Waals surface area contributed by atoms with Gasteiger partial charge in [0, 0.05) is 18.4 Å². The minimum absolute atomic E-state index is 0.0511. The number of hydrogen-bond donors (Lipinski definition) is 2. The zero-order valence-electron chi connectivity index (χ0n) is 14.7. The third-order valence-corrected chi connectivity index (χ3v) is 4.41. The number of nitrogens with zero attached hydrogens (tertiary/aromatic N) is 2. The number of ether oxygens (including phenoxy) is 2. The first kappa shape index (κ1) is 16.4. The van der Waals surface area contributed by atoms with E-state index in [1.54, 1.807) is 6.92 Å². The van der Waals surface area contributed by atoms with Crippen LogP contribution >= 0.6 is 0 Å². The maximum Gasteiger partial charge on any atom is 0.407 e. The molecule has 7 nitrogen and oxygen atoms in total. The van der Waals surface area contributed by atoms with Crippen molar-refractivity contribution in [2.24, 2.45) is 0 Å². The number of aromatic nitrogens is 3. The lowest BCUT2D eigenvalue weighted by Crippen LogP contribution is -2.29. The van der Waals surface area contributed by atoms with Gasteiger partial charge in [0.1, 0.15) is 17.5 Å². The molecular formula is C19H20N4O3. The number of nitrogens with one attached hydrogen (secondary N) is 2. The summed E-state index contributed by atoms with van der Waals surface area (Å²) in [6.07, 6.45) is -0.306. The summed E-state index contributed by atoms with van der Waals surface area (Å²) in [4.78, 5) is 16.6. The third-order valence-electron chi connectivity index (χ3n) is 4.41. The number of carbonyl (C=O) groups excluding carboxylic acids is 1. The number of hydrogen-bond acceptors (Lipinski definition) is 5. The van der Waals surface area contributed by atoms with Crippen LogP contribution in [0.4, 0.5) is 4.79 Å². The minimum atomic E-state index is -0.463. The van der Waals surface area contributed by atoms with Gasteiger partial charge in [-0.05, 0) is 44.2 Å².